The highest BCUT2D eigenvalue weighted by molar-refractivity contribution is 6.18. The Kier molecular flexibility index (Phi) is 9.37. The lowest BCUT2D eigenvalue weighted by molar-refractivity contribution is -0.143. The third-order valence-corrected chi connectivity index (χ3v) is 6.93. The number of hydrogen-bond donors (Lipinski definition) is 1. The molecule has 2 atom stereocenters. The van der Waals surface area contributed by atoms with Gasteiger partial charge in [0.05, 0.1) is 5.88 Å². The van der Waals surface area contributed by atoms with Crippen molar-refractivity contribution in [2.75, 3.05) is 12.5 Å². The van der Waals surface area contributed by atoms with Crippen LogP contribution >= 0.6 is 11.6 Å². The molecule has 42 heavy (non-hydrogen) atoms. The molecule has 0 heterocycles. The fraction of sp³-hybridized carbons (Fsp3) is 0.226. The van der Waals surface area contributed by atoms with E-state index < -0.39 is 52.3 Å². The Labute approximate surface area is 242 Å². The van der Waals surface area contributed by atoms with Crippen molar-refractivity contribution in [3.8, 4) is 17.2 Å². The zero-order valence-electron chi connectivity index (χ0n) is 22.0. The van der Waals surface area contributed by atoms with Gasteiger partial charge in [0.1, 0.15) is 29.3 Å². The molecule has 3 nitrogen and oxygen atoms in total. The summed E-state index contributed by atoms with van der Waals surface area (Å²) in [6, 6.07) is 21.0. The van der Waals surface area contributed by atoms with E-state index in [1.165, 1.54) is 24.3 Å². The van der Waals surface area contributed by atoms with Crippen LogP contribution in [0.5, 0.6) is 17.2 Å². The van der Waals surface area contributed by atoms with Gasteiger partial charge in [-0.1, -0.05) is 61.5 Å². The highest BCUT2D eigenvalue weighted by Crippen LogP contribution is 2.46. The molecule has 222 valence electrons. The van der Waals surface area contributed by atoms with Gasteiger partial charge in [0.2, 0.25) is 17.4 Å². The normalized spacial score (nSPS) is 13.9. The van der Waals surface area contributed by atoms with Gasteiger partial charge in [-0.25, -0.2) is 8.78 Å². The van der Waals surface area contributed by atoms with Gasteiger partial charge in [-0.2, -0.15) is 22.0 Å². The first kappa shape index (κ1) is 31.2. The minimum atomic E-state index is -5.68. The van der Waals surface area contributed by atoms with Crippen LogP contribution in [-0.4, -0.2) is 17.6 Å². The molecule has 0 aromatic heterocycles. The quantitative estimate of drug-likeness (QED) is 0.110. The summed E-state index contributed by atoms with van der Waals surface area (Å²) in [6.45, 7) is 2.17. The Bertz CT molecular complexity index is 1480. The maximum atomic E-state index is 14.4. The van der Waals surface area contributed by atoms with E-state index in [0.29, 0.717) is 23.3 Å². The summed E-state index contributed by atoms with van der Waals surface area (Å²) in [7, 11) is 0. The van der Waals surface area contributed by atoms with E-state index in [2.05, 4.69) is 0 Å². The van der Waals surface area contributed by atoms with Crippen LogP contribution in [0, 0.1) is 23.3 Å². The van der Waals surface area contributed by atoms with Gasteiger partial charge in [0.15, 0.2) is 11.6 Å². The van der Waals surface area contributed by atoms with Crippen LogP contribution in [0.15, 0.2) is 78.9 Å². The maximum Gasteiger partial charge on any atom is 0.422 e. The highest BCUT2D eigenvalue weighted by Gasteiger charge is 2.43. The smallest absolute Gasteiger partial charge is 0.422 e. The van der Waals surface area contributed by atoms with Gasteiger partial charge in [-0.15, -0.1) is 11.6 Å². The first-order valence-corrected chi connectivity index (χ1v) is 13.2. The second kappa shape index (κ2) is 12.6. The van der Waals surface area contributed by atoms with E-state index in [9.17, 15) is 35.8 Å². The SMILES string of the molecule is CCC(c1ccccc1)C(O)(c1ccc(OCCCl)cc1)c1ccc(Oc2c(F)c(F)c(C(F)(F)F)c(F)c2F)cc1. The van der Waals surface area contributed by atoms with Gasteiger partial charge < -0.3 is 14.6 Å². The summed E-state index contributed by atoms with van der Waals surface area (Å²) in [5.74, 6) is -11.7. The van der Waals surface area contributed by atoms with E-state index in [-0.39, 0.29) is 18.2 Å². The highest BCUT2D eigenvalue weighted by atomic mass is 35.5. The van der Waals surface area contributed by atoms with Crippen LogP contribution in [0.3, 0.4) is 0 Å². The van der Waals surface area contributed by atoms with Gasteiger partial charge in [0, 0.05) is 5.92 Å². The van der Waals surface area contributed by atoms with Crippen LogP contribution in [0.4, 0.5) is 30.7 Å². The molecule has 0 spiro atoms. The number of aliphatic hydroxyl groups is 1. The summed E-state index contributed by atoms with van der Waals surface area (Å²) in [5.41, 5.74) is -2.75. The summed E-state index contributed by atoms with van der Waals surface area (Å²) in [5, 5.41) is 12.4. The molecule has 4 aromatic rings. The molecule has 4 aromatic carbocycles. The third kappa shape index (κ3) is 6.05. The molecule has 11 heteroatoms. The van der Waals surface area contributed by atoms with Crippen molar-refractivity contribution in [1.29, 1.82) is 0 Å². The van der Waals surface area contributed by atoms with Gasteiger partial charge in [0.25, 0.3) is 0 Å². The van der Waals surface area contributed by atoms with Crippen LogP contribution in [0.1, 0.15) is 41.5 Å². The first-order valence-electron chi connectivity index (χ1n) is 12.7. The van der Waals surface area contributed by atoms with Gasteiger partial charge >= 0.3 is 6.18 Å². The summed E-state index contributed by atoms with van der Waals surface area (Å²) in [6.07, 6.45) is -5.20. The van der Waals surface area contributed by atoms with Crippen molar-refractivity contribution in [3.05, 3.63) is 124 Å². The Morgan fingerprint density at radius 3 is 1.69 bits per heavy atom. The van der Waals surface area contributed by atoms with E-state index in [1.54, 1.807) is 24.3 Å². The largest absolute Gasteiger partial charge is 0.492 e. The van der Waals surface area contributed by atoms with Crippen molar-refractivity contribution in [2.24, 2.45) is 0 Å². The predicted molar refractivity (Wildman–Crippen MR) is 143 cm³/mol. The second-order valence-corrected chi connectivity index (χ2v) is 9.66. The molecule has 0 amide bonds. The number of benzene rings is 4. The monoisotopic (exact) mass is 612 g/mol. The standard InChI is InChI=1S/C31H24ClF7O3/c1-2-23(18-6-4-3-5-7-18)30(40,19-8-12-21(13-9-19)41-17-16-32)20-10-14-22(15-11-20)42-29-27(35)25(33)24(31(37,38)39)26(34)28(29)36/h3-15,23,40H,2,16-17H2,1H3. The molecule has 0 saturated carbocycles. The Hall–Kier alpha value is -3.76. The van der Waals surface area contributed by atoms with E-state index in [4.69, 9.17) is 21.1 Å². The first-order chi connectivity index (χ1) is 19.9. The molecule has 1 N–H and O–H groups in total. The molecule has 0 aliphatic carbocycles. The minimum absolute atomic E-state index is 0.280. The summed E-state index contributed by atoms with van der Waals surface area (Å²) >= 11 is 5.69. The number of rotatable bonds is 10. The molecule has 0 saturated heterocycles. The average molecular weight is 613 g/mol. The number of halogens is 8. The Balaban J connectivity index is 1.76. The fourth-order valence-corrected chi connectivity index (χ4v) is 4.91. The van der Waals surface area contributed by atoms with Crippen molar-refractivity contribution < 1.29 is 45.3 Å². The molecule has 0 fully saturated rings. The number of alkyl halides is 4. The molecule has 0 radical (unpaired) electrons. The van der Waals surface area contributed by atoms with Crippen LogP contribution in [0.2, 0.25) is 0 Å². The molecule has 0 bridgehead atoms. The number of ether oxygens (including phenoxy) is 2. The van der Waals surface area contributed by atoms with Gasteiger partial charge in [-0.3, -0.25) is 0 Å². The number of hydrogen-bond acceptors (Lipinski definition) is 3. The maximum absolute atomic E-state index is 14.4. The van der Waals surface area contributed by atoms with Crippen molar-refractivity contribution >= 4 is 11.6 Å². The molecular weight excluding hydrogens is 589 g/mol. The summed E-state index contributed by atoms with van der Waals surface area (Å²) < 4.78 is 106. The fourth-order valence-electron chi connectivity index (χ4n) is 4.83. The molecule has 4 rings (SSSR count). The molecule has 0 aliphatic rings. The van der Waals surface area contributed by atoms with Crippen molar-refractivity contribution in [1.82, 2.24) is 0 Å². The van der Waals surface area contributed by atoms with Crippen LogP contribution in [-0.2, 0) is 11.8 Å². The van der Waals surface area contributed by atoms with Crippen molar-refractivity contribution in [3.63, 3.8) is 0 Å². The lowest BCUT2D eigenvalue weighted by Gasteiger charge is -2.37. The second-order valence-electron chi connectivity index (χ2n) is 9.28. The van der Waals surface area contributed by atoms with Crippen molar-refractivity contribution in [2.45, 2.75) is 31.0 Å². The van der Waals surface area contributed by atoms with Gasteiger partial charge in [-0.05, 0) is 47.4 Å². The lowest BCUT2D eigenvalue weighted by atomic mass is 9.72. The average Bonchev–Trinajstić information content (AvgIpc) is 2.98. The minimum Gasteiger partial charge on any atom is -0.492 e. The zero-order valence-corrected chi connectivity index (χ0v) is 22.7. The van der Waals surface area contributed by atoms with E-state index >= 15 is 0 Å². The lowest BCUT2D eigenvalue weighted by Crippen LogP contribution is -2.34. The Morgan fingerprint density at radius 2 is 1.24 bits per heavy atom. The third-order valence-electron chi connectivity index (χ3n) is 6.78. The predicted octanol–water partition coefficient (Wildman–Crippen LogP) is 9.10. The van der Waals surface area contributed by atoms with Crippen LogP contribution in [0.25, 0.3) is 0 Å². The Morgan fingerprint density at radius 1 is 0.738 bits per heavy atom. The van der Waals surface area contributed by atoms with E-state index in [1.807, 2.05) is 37.3 Å². The molecule has 2 unspecified atom stereocenters. The zero-order chi connectivity index (χ0) is 30.7. The molecular formula is C31H24ClF7O3. The van der Waals surface area contributed by atoms with Crippen LogP contribution < -0.4 is 9.47 Å². The van der Waals surface area contributed by atoms with E-state index in [0.717, 1.165) is 5.56 Å². The molecule has 0 aliphatic heterocycles. The summed E-state index contributed by atoms with van der Waals surface area (Å²) in [4.78, 5) is 0. The topological polar surface area (TPSA) is 38.7 Å².